The minimum atomic E-state index is -0.295. The van der Waals surface area contributed by atoms with Crippen molar-refractivity contribution in [3.05, 3.63) is 18.3 Å². The molecule has 3 rings (SSSR count). The van der Waals surface area contributed by atoms with Crippen molar-refractivity contribution in [2.45, 2.75) is 19.8 Å². The Kier molecular flexibility index (Phi) is 2.30. The van der Waals surface area contributed by atoms with Crippen molar-refractivity contribution < 1.29 is 4.39 Å². The molecule has 1 aromatic heterocycles. The summed E-state index contributed by atoms with van der Waals surface area (Å²) in [5, 5.41) is 0. The van der Waals surface area contributed by atoms with Crippen LogP contribution >= 0.6 is 0 Å². The molecule has 16 heavy (non-hydrogen) atoms. The average Bonchev–Trinajstić information content (AvgIpc) is 2.53. The molecule has 0 radical (unpaired) electrons. The van der Waals surface area contributed by atoms with Gasteiger partial charge in [0, 0.05) is 13.1 Å². The zero-order chi connectivity index (χ0) is 11.1. The minimum Gasteiger partial charge on any atom is -0.354 e. The van der Waals surface area contributed by atoms with Gasteiger partial charge in [0.15, 0.2) is 11.6 Å². The first-order chi connectivity index (χ1) is 7.75. The van der Waals surface area contributed by atoms with Gasteiger partial charge in [-0.25, -0.2) is 14.4 Å². The number of rotatable bonds is 1. The number of hydrogen-bond acceptors (Lipinski definition) is 3. The Labute approximate surface area is 94.7 Å². The van der Waals surface area contributed by atoms with Crippen LogP contribution in [0.4, 0.5) is 10.2 Å². The van der Waals surface area contributed by atoms with Crippen LogP contribution in [0.25, 0.3) is 0 Å². The van der Waals surface area contributed by atoms with E-state index in [-0.39, 0.29) is 5.82 Å². The molecule has 2 heterocycles. The number of aromatic nitrogens is 2. The fourth-order valence-corrected chi connectivity index (χ4v) is 3.21. The second kappa shape index (κ2) is 3.68. The topological polar surface area (TPSA) is 29.0 Å². The van der Waals surface area contributed by atoms with Gasteiger partial charge in [-0.15, -0.1) is 0 Å². The molecule has 4 heteroatoms. The lowest BCUT2D eigenvalue weighted by Gasteiger charge is -2.37. The summed E-state index contributed by atoms with van der Waals surface area (Å²) in [6, 6.07) is 0. The van der Waals surface area contributed by atoms with E-state index in [1.165, 1.54) is 25.4 Å². The molecule has 2 aliphatic rings. The van der Waals surface area contributed by atoms with E-state index in [9.17, 15) is 4.39 Å². The minimum absolute atomic E-state index is 0.295. The molecule has 1 aliphatic heterocycles. The van der Waals surface area contributed by atoms with E-state index in [1.807, 2.05) is 0 Å². The van der Waals surface area contributed by atoms with Crippen LogP contribution in [0.3, 0.4) is 0 Å². The van der Waals surface area contributed by atoms with Gasteiger partial charge in [-0.2, -0.15) is 0 Å². The van der Waals surface area contributed by atoms with E-state index >= 15 is 0 Å². The summed E-state index contributed by atoms with van der Waals surface area (Å²) >= 11 is 0. The van der Waals surface area contributed by atoms with Gasteiger partial charge in [-0.05, 0) is 30.6 Å². The van der Waals surface area contributed by atoms with Gasteiger partial charge < -0.3 is 4.90 Å². The fraction of sp³-hybridized carbons (Fsp3) is 0.667. The average molecular weight is 221 g/mol. The van der Waals surface area contributed by atoms with Crippen LogP contribution < -0.4 is 4.90 Å². The van der Waals surface area contributed by atoms with Crippen molar-refractivity contribution in [3.8, 4) is 0 Å². The van der Waals surface area contributed by atoms with E-state index < -0.39 is 0 Å². The highest BCUT2D eigenvalue weighted by molar-refractivity contribution is 5.39. The number of anilines is 1. The second-order valence-corrected chi connectivity index (χ2v) is 5.06. The third-order valence-electron chi connectivity index (χ3n) is 4.25. The molecule has 0 aromatic carbocycles. The largest absolute Gasteiger partial charge is 0.354 e. The Morgan fingerprint density at radius 1 is 1.31 bits per heavy atom. The summed E-state index contributed by atoms with van der Waals surface area (Å²) in [5.41, 5.74) is 0. The third-order valence-corrected chi connectivity index (χ3v) is 4.25. The normalized spacial score (nSPS) is 33.1. The van der Waals surface area contributed by atoms with Crippen LogP contribution in [0.2, 0.25) is 0 Å². The molecule has 0 N–H and O–H groups in total. The summed E-state index contributed by atoms with van der Waals surface area (Å²) in [6.07, 6.45) is 5.25. The number of piperidine rings is 1. The van der Waals surface area contributed by atoms with Gasteiger partial charge in [0.2, 0.25) is 0 Å². The van der Waals surface area contributed by atoms with E-state index in [2.05, 4.69) is 21.8 Å². The van der Waals surface area contributed by atoms with Crippen molar-refractivity contribution >= 4 is 5.82 Å². The first-order valence-electron chi connectivity index (χ1n) is 5.96. The number of halogens is 1. The monoisotopic (exact) mass is 221 g/mol. The van der Waals surface area contributed by atoms with Gasteiger partial charge in [0.1, 0.15) is 6.33 Å². The SMILES string of the molecule is C[C@@H]1C2CC[C@H]1CN(c1ncncc1F)C2. The van der Waals surface area contributed by atoms with Crippen molar-refractivity contribution in [1.82, 2.24) is 9.97 Å². The Bertz CT molecular complexity index is 382. The maximum atomic E-state index is 13.6. The second-order valence-electron chi connectivity index (χ2n) is 5.06. The van der Waals surface area contributed by atoms with E-state index in [4.69, 9.17) is 0 Å². The van der Waals surface area contributed by atoms with E-state index in [0.29, 0.717) is 17.7 Å². The van der Waals surface area contributed by atoms with Crippen molar-refractivity contribution in [2.75, 3.05) is 18.0 Å². The summed E-state index contributed by atoms with van der Waals surface area (Å²) < 4.78 is 13.6. The van der Waals surface area contributed by atoms with Gasteiger partial charge in [0.25, 0.3) is 0 Å². The number of nitrogens with zero attached hydrogens (tertiary/aromatic N) is 3. The van der Waals surface area contributed by atoms with Crippen LogP contribution in [0.15, 0.2) is 12.5 Å². The highest BCUT2D eigenvalue weighted by atomic mass is 19.1. The summed E-state index contributed by atoms with van der Waals surface area (Å²) in [5.74, 6) is 2.41. The molecule has 1 aliphatic carbocycles. The Balaban J connectivity index is 1.86. The highest BCUT2D eigenvalue weighted by Crippen LogP contribution is 2.42. The summed E-state index contributed by atoms with van der Waals surface area (Å²) in [6.45, 7) is 4.23. The molecule has 0 amide bonds. The molecule has 2 bridgehead atoms. The van der Waals surface area contributed by atoms with E-state index in [0.717, 1.165) is 19.0 Å². The smallest absolute Gasteiger partial charge is 0.183 e. The summed E-state index contributed by atoms with van der Waals surface area (Å²) in [4.78, 5) is 9.86. The molecule has 1 saturated heterocycles. The lowest BCUT2D eigenvalue weighted by molar-refractivity contribution is 0.292. The standard InChI is InChI=1S/C12H16FN3/c1-8-9-2-3-10(8)6-16(5-9)12-11(13)4-14-7-15-12/h4,7-10H,2-3,5-6H2,1H3/t8-,9-,10?/m0/s1. The van der Waals surface area contributed by atoms with Gasteiger partial charge in [0.05, 0.1) is 6.20 Å². The first-order valence-corrected chi connectivity index (χ1v) is 5.96. The van der Waals surface area contributed by atoms with Gasteiger partial charge in [-0.3, -0.25) is 0 Å². The molecule has 0 spiro atoms. The molecular formula is C12H16FN3. The lowest BCUT2D eigenvalue weighted by Crippen LogP contribution is -2.41. The number of hydrogen-bond donors (Lipinski definition) is 0. The van der Waals surface area contributed by atoms with Crippen LogP contribution in [0.1, 0.15) is 19.8 Å². The molecule has 3 nitrogen and oxygen atoms in total. The highest BCUT2D eigenvalue weighted by Gasteiger charge is 2.40. The van der Waals surface area contributed by atoms with Crippen LogP contribution in [0, 0.1) is 23.6 Å². The molecule has 1 unspecified atom stereocenters. The lowest BCUT2D eigenvalue weighted by atomic mass is 9.87. The molecule has 2 fully saturated rings. The quantitative estimate of drug-likeness (QED) is 0.727. The van der Waals surface area contributed by atoms with E-state index in [1.54, 1.807) is 0 Å². The Hall–Kier alpha value is -1.19. The zero-order valence-corrected chi connectivity index (χ0v) is 9.43. The first kappa shape index (κ1) is 10.00. The Morgan fingerprint density at radius 3 is 2.62 bits per heavy atom. The Morgan fingerprint density at radius 2 is 2.00 bits per heavy atom. The van der Waals surface area contributed by atoms with Gasteiger partial charge >= 0.3 is 0 Å². The van der Waals surface area contributed by atoms with Crippen LogP contribution in [-0.2, 0) is 0 Å². The molecule has 86 valence electrons. The number of fused-ring (bicyclic) bond motifs is 2. The maximum absolute atomic E-state index is 13.6. The predicted molar refractivity (Wildman–Crippen MR) is 59.6 cm³/mol. The van der Waals surface area contributed by atoms with Crippen LogP contribution in [-0.4, -0.2) is 23.1 Å². The van der Waals surface area contributed by atoms with Gasteiger partial charge in [-0.1, -0.05) is 6.92 Å². The third kappa shape index (κ3) is 1.47. The molecular weight excluding hydrogens is 205 g/mol. The van der Waals surface area contributed by atoms with Crippen molar-refractivity contribution in [3.63, 3.8) is 0 Å². The summed E-state index contributed by atoms with van der Waals surface area (Å²) in [7, 11) is 0. The molecule has 3 atom stereocenters. The maximum Gasteiger partial charge on any atom is 0.183 e. The molecule has 1 saturated carbocycles. The molecule has 1 aromatic rings. The van der Waals surface area contributed by atoms with Crippen LogP contribution in [0.5, 0.6) is 0 Å². The zero-order valence-electron chi connectivity index (χ0n) is 9.43. The van der Waals surface area contributed by atoms with Crippen molar-refractivity contribution in [2.24, 2.45) is 17.8 Å². The predicted octanol–water partition coefficient (Wildman–Crippen LogP) is 2.10. The fourth-order valence-electron chi connectivity index (χ4n) is 3.21. The van der Waals surface area contributed by atoms with Crippen molar-refractivity contribution in [1.29, 1.82) is 0 Å².